The van der Waals surface area contributed by atoms with Crippen LogP contribution in [0.2, 0.25) is 0 Å². The molecular formula is C15H11N3O. The second kappa shape index (κ2) is 6.05. The summed E-state index contributed by atoms with van der Waals surface area (Å²) in [6, 6.07) is 12.1. The fraction of sp³-hybridized carbons (Fsp3) is 0.133. The molecule has 0 aliphatic heterocycles. The number of benzene rings is 1. The van der Waals surface area contributed by atoms with Crippen LogP contribution >= 0.6 is 0 Å². The molecule has 0 aliphatic rings. The van der Waals surface area contributed by atoms with E-state index in [2.05, 4.69) is 0 Å². The molecule has 0 aromatic heterocycles. The molecular weight excluding hydrogens is 238 g/mol. The van der Waals surface area contributed by atoms with Crippen LogP contribution in [0.1, 0.15) is 18.1 Å². The number of rotatable bonds is 2. The SMILES string of the molecule is C/C(C(C#N)=C(C#N)C#N)=C(/O)c1ccc(C)cc1. The standard InChI is InChI=1S/C15H11N3O/c1-10-3-5-12(6-4-10)15(19)11(2)14(9-18)13(7-16)8-17/h3-6,19H,1-2H3/b15-11-. The molecule has 1 aromatic carbocycles. The summed E-state index contributed by atoms with van der Waals surface area (Å²) in [6.45, 7) is 3.42. The van der Waals surface area contributed by atoms with E-state index in [-0.39, 0.29) is 22.5 Å². The maximum absolute atomic E-state index is 10.1. The molecule has 1 rings (SSSR count). The third kappa shape index (κ3) is 3.00. The van der Waals surface area contributed by atoms with Crippen LogP contribution in [0, 0.1) is 40.9 Å². The summed E-state index contributed by atoms with van der Waals surface area (Å²) in [5.41, 5.74) is 1.37. The topological polar surface area (TPSA) is 91.6 Å². The van der Waals surface area contributed by atoms with E-state index in [4.69, 9.17) is 15.8 Å². The summed E-state index contributed by atoms with van der Waals surface area (Å²) >= 11 is 0. The zero-order valence-electron chi connectivity index (χ0n) is 10.6. The minimum Gasteiger partial charge on any atom is -0.507 e. The van der Waals surface area contributed by atoms with Crippen molar-refractivity contribution in [3.05, 3.63) is 52.1 Å². The van der Waals surface area contributed by atoms with Crippen molar-refractivity contribution >= 4 is 5.76 Å². The predicted molar refractivity (Wildman–Crippen MR) is 70.3 cm³/mol. The molecule has 0 saturated carbocycles. The van der Waals surface area contributed by atoms with Crippen LogP contribution in [0.5, 0.6) is 0 Å². The second-order valence-corrected chi connectivity index (χ2v) is 3.93. The molecule has 0 unspecified atom stereocenters. The fourth-order valence-electron chi connectivity index (χ4n) is 1.51. The van der Waals surface area contributed by atoms with Gasteiger partial charge in [0.15, 0.2) is 0 Å². The van der Waals surface area contributed by atoms with Gasteiger partial charge in [0.2, 0.25) is 0 Å². The quantitative estimate of drug-likeness (QED) is 0.495. The normalized spacial score (nSPS) is 10.5. The molecule has 0 fully saturated rings. The largest absolute Gasteiger partial charge is 0.507 e. The van der Waals surface area contributed by atoms with Gasteiger partial charge < -0.3 is 5.11 Å². The molecule has 0 amide bonds. The van der Waals surface area contributed by atoms with Crippen molar-refractivity contribution in [2.45, 2.75) is 13.8 Å². The van der Waals surface area contributed by atoms with Gasteiger partial charge in [-0.3, -0.25) is 0 Å². The Hall–Kier alpha value is -3.03. The van der Waals surface area contributed by atoms with Crippen LogP contribution in [-0.2, 0) is 0 Å². The van der Waals surface area contributed by atoms with Gasteiger partial charge in [0.05, 0.1) is 5.57 Å². The second-order valence-electron chi connectivity index (χ2n) is 3.93. The van der Waals surface area contributed by atoms with Gasteiger partial charge in [0.25, 0.3) is 0 Å². The van der Waals surface area contributed by atoms with Crippen molar-refractivity contribution in [3.63, 3.8) is 0 Å². The van der Waals surface area contributed by atoms with Crippen LogP contribution in [-0.4, -0.2) is 5.11 Å². The summed E-state index contributed by atoms with van der Waals surface area (Å²) in [7, 11) is 0. The molecule has 19 heavy (non-hydrogen) atoms. The Labute approximate surface area is 111 Å². The van der Waals surface area contributed by atoms with E-state index in [1.807, 2.05) is 19.1 Å². The molecule has 4 heteroatoms. The van der Waals surface area contributed by atoms with Gasteiger partial charge in [-0.15, -0.1) is 0 Å². The van der Waals surface area contributed by atoms with Crippen LogP contribution in [0.4, 0.5) is 0 Å². The minimum atomic E-state index is -0.307. The number of nitrogens with zero attached hydrogens (tertiary/aromatic N) is 3. The summed E-state index contributed by atoms with van der Waals surface area (Å²) in [6.07, 6.45) is 0. The maximum Gasteiger partial charge on any atom is 0.147 e. The van der Waals surface area contributed by atoms with Gasteiger partial charge in [-0.05, 0) is 13.8 Å². The van der Waals surface area contributed by atoms with Gasteiger partial charge in [0.1, 0.15) is 29.5 Å². The van der Waals surface area contributed by atoms with E-state index in [9.17, 15) is 5.11 Å². The fourth-order valence-corrected chi connectivity index (χ4v) is 1.51. The van der Waals surface area contributed by atoms with Gasteiger partial charge >= 0.3 is 0 Å². The minimum absolute atomic E-state index is 0.108. The Kier molecular flexibility index (Phi) is 4.47. The summed E-state index contributed by atoms with van der Waals surface area (Å²) < 4.78 is 0. The number of hydrogen-bond acceptors (Lipinski definition) is 4. The van der Waals surface area contributed by atoms with E-state index < -0.39 is 0 Å². The Balaban J connectivity index is 3.43. The lowest BCUT2D eigenvalue weighted by atomic mass is 9.99. The molecule has 0 bridgehead atoms. The van der Waals surface area contributed by atoms with Crippen LogP contribution in [0.3, 0.4) is 0 Å². The number of nitriles is 3. The third-order valence-corrected chi connectivity index (χ3v) is 2.64. The van der Waals surface area contributed by atoms with Crippen molar-refractivity contribution in [1.29, 1.82) is 15.8 Å². The van der Waals surface area contributed by atoms with Crippen molar-refractivity contribution < 1.29 is 5.11 Å². The molecule has 0 radical (unpaired) electrons. The smallest absolute Gasteiger partial charge is 0.147 e. The number of hydrogen-bond donors (Lipinski definition) is 1. The van der Waals surface area contributed by atoms with E-state index in [0.717, 1.165) is 5.56 Å². The van der Waals surface area contributed by atoms with E-state index in [1.54, 1.807) is 30.3 Å². The highest BCUT2D eigenvalue weighted by molar-refractivity contribution is 5.70. The van der Waals surface area contributed by atoms with E-state index in [0.29, 0.717) is 5.56 Å². The van der Waals surface area contributed by atoms with Gasteiger partial charge in [0, 0.05) is 11.1 Å². The van der Waals surface area contributed by atoms with Gasteiger partial charge in [-0.1, -0.05) is 29.8 Å². The zero-order valence-corrected chi connectivity index (χ0v) is 10.6. The first-order chi connectivity index (χ1) is 9.04. The Bertz CT molecular complexity index is 658. The van der Waals surface area contributed by atoms with Crippen molar-refractivity contribution in [1.82, 2.24) is 0 Å². The molecule has 92 valence electrons. The van der Waals surface area contributed by atoms with Gasteiger partial charge in [-0.25, -0.2) is 0 Å². The number of aryl methyl sites for hydroxylation is 1. The van der Waals surface area contributed by atoms with Crippen LogP contribution < -0.4 is 0 Å². The number of aliphatic hydroxyl groups excluding tert-OH is 1. The highest BCUT2D eigenvalue weighted by Gasteiger charge is 2.13. The molecule has 4 nitrogen and oxygen atoms in total. The molecule has 0 heterocycles. The third-order valence-electron chi connectivity index (χ3n) is 2.64. The Morgan fingerprint density at radius 3 is 1.95 bits per heavy atom. The van der Waals surface area contributed by atoms with Crippen molar-refractivity contribution in [2.24, 2.45) is 0 Å². The van der Waals surface area contributed by atoms with E-state index >= 15 is 0 Å². The summed E-state index contributed by atoms with van der Waals surface area (Å²) in [5, 5.41) is 36.7. The lowest BCUT2D eigenvalue weighted by molar-refractivity contribution is 0.507. The molecule has 0 atom stereocenters. The molecule has 0 spiro atoms. The monoisotopic (exact) mass is 249 g/mol. The number of allylic oxidation sites excluding steroid dienone is 3. The first kappa shape index (κ1) is 14.0. The highest BCUT2D eigenvalue weighted by atomic mass is 16.3. The summed E-state index contributed by atoms with van der Waals surface area (Å²) in [4.78, 5) is 0. The maximum atomic E-state index is 10.1. The Morgan fingerprint density at radius 1 is 1.00 bits per heavy atom. The molecule has 0 aliphatic carbocycles. The first-order valence-electron chi connectivity index (χ1n) is 5.47. The van der Waals surface area contributed by atoms with Crippen LogP contribution in [0.15, 0.2) is 41.0 Å². The zero-order chi connectivity index (χ0) is 14.4. The molecule has 1 N–H and O–H groups in total. The highest BCUT2D eigenvalue weighted by Crippen LogP contribution is 2.23. The van der Waals surface area contributed by atoms with Crippen LogP contribution in [0.25, 0.3) is 5.76 Å². The number of aliphatic hydroxyl groups is 1. The Morgan fingerprint density at radius 2 is 1.53 bits per heavy atom. The van der Waals surface area contributed by atoms with Gasteiger partial charge in [-0.2, -0.15) is 15.8 Å². The van der Waals surface area contributed by atoms with E-state index in [1.165, 1.54) is 6.92 Å². The average Bonchev–Trinajstić information content (AvgIpc) is 2.44. The average molecular weight is 249 g/mol. The van der Waals surface area contributed by atoms with Crippen molar-refractivity contribution in [3.8, 4) is 18.2 Å². The predicted octanol–water partition coefficient (Wildman–Crippen LogP) is 3.15. The first-order valence-corrected chi connectivity index (χ1v) is 5.47. The van der Waals surface area contributed by atoms with Crippen molar-refractivity contribution in [2.75, 3.05) is 0 Å². The molecule has 1 aromatic rings. The molecule has 0 saturated heterocycles. The lowest BCUT2D eigenvalue weighted by Crippen LogP contribution is -1.94. The summed E-state index contributed by atoms with van der Waals surface area (Å²) in [5.74, 6) is -0.112. The lowest BCUT2D eigenvalue weighted by Gasteiger charge is -2.06.